The number of rotatable bonds is 5. The van der Waals surface area contributed by atoms with Crippen molar-refractivity contribution in [2.45, 2.75) is 6.92 Å². The Labute approximate surface area is 136 Å². The highest BCUT2D eigenvalue weighted by molar-refractivity contribution is 6.31. The van der Waals surface area contributed by atoms with E-state index in [1.54, 1.807) is 13.0 Å². The summed E-state index contributed by atoms with van der Waals surface area (Å²) in [7, 11) is 0. The van der Waals surface area contributed by atoms with Crippen LogP contribution in [0.3, 0.4) is 0 Å². The van der Waals surface area contributed by atoms with Crippen LogP contribution in [0.1, 0.15) is 5.56 Å². The number of carbonyl (C=O) groups excluding carboxylic acids is 1. The highest BCUT2D eigenvalue weighted by atomic mass is 35.5. The van der Waals surface area contributed by atoms with Gasteiger partial charge in [-0.15, -0.1) is 0 Å². The number of nitrogens with one attached hydrogen (secondary N) is 2. The van der Waals surface area contributed by atoms with Crippen molar-refractivity contribution >= 4 is 34.6 Å². The summed E-state index contributed by atoms with van der Waals surface area (Å²) in [6.45, 7) is 1.50. The second-order valence-corrected chi connectivity index (χ2v) is 5.14. The molecule has 0 spiro atoms. The zero-order valence-electron chi connectivity index (χ0n) is 12.1. The van der Waals surface area contributed by atoms with Gasteiger partial charge >= 0.3 is 0 Å². The van der Waals surface area contributed by atoms with Crippen molar-refractivity contribution in [1.82, 2.24) is 0 Å². The van der Waals surface area contributed by atoms with Gasteiger partial charge in [0.15, 0.2) is 0 Å². The molecule has 8 heteroatoms. The number of hydrogen-bond donors (Lipinski definition) is 2. The fourth-order valence-electron chi connectivity index (χ4n) is 1.97. The molecular formula is C15H13ClFN3O3. The second kappa shape index (κ2) is 7.06. The Morgan fingerprint density at radius 1 is 1.35 bits per heavy atom. The molecule has 0 bridgehead atoms. The Bertz CT molecular complexity index is 768. The number of carbonyl (C=O) groups is 1. The van der Waals surface area contributed by atoms with Gasteiger partial charge in [-0.1, -0.05) is 17.7 Å². The molecule has 0 saturated carbocycles. The van der Waals surface area contributed by atoms with Crippen LogP contribution >= 0.6 is 11.6 Å². The monoisotopic (exact) mass is 337 g/mol. The summed E-state index contributed by atoms with van der Waals surface area (Å²) in [4.78, 5) is 22.3. The number of halogens is 2. The Morgan fingerprint density at radius 2 is 2.09 bits per heavy atom. The van der Waals surface area contributed by atoms with Gasteiger partial charge in [-0.05, 0) is 31.2 Å². The molecule has 0 saturated heterocycles. The van der Waals surface area contributed by atoms with Crippen LogP contribution in [0.25, 0.3) is 0 Å². The number of hydrogen-bond acceptors (Lipinski definition) is 4. The van der Waals surface area contributed by atoms with E-state index in [9.17, 15) is 19.3 Å². The fraction of sp³-hybridized carbons (Fsp3) is 0.133. The van der Waals surface area contributed by atoms with Crippen LogP contribution in [0.4, 0.5) is 21.5 Å². The van der Waals surface area contributed by atoms with Crippen molar-refractivity contribution in [2.24, 2.45) is 0 Å². The van der Waals surface area contributed by atoms with E-state index in [-0.39, 0.29) is 17.3 Å². The maximum atomic E-state index is 13.0. The Balaban J connectivity index is 2.00. The highest BCUT2D eigenvalue weighted by Gasteiger charge is 2.13. The van der Waals surface area contributed by atoms with E-state index >= 15 is 0 Å². The smallest absolute Gasteiger partial charge is 0.274 e. The van der Waals surface area contributed by atoms with Gasteiger partial charge in [-0.25, -0.2) is 4.39 Å². The van der Waals surface area contributed by atoms with E-state index in [0.717, 1.165) is 6.07 Å². The quantitative estimate of drug-likeness (QED) is 0.643. The minimum atomic E-state index is -0.574. The summed E-state index contributed by atoms with van der Waals surface area (Å²) in [6.07, 6.45) is 0. The van der Waals surface area contributed by atoms with Gasteiger partial charge in [0.25, 0.3) is 5.69 Å². The van der Waals surface area contributed by atoms with Crippen LogP contribution in [0.5, 0.6) is 0 Å². The summed E-state index contributed by atoms with van der Waals surface area (Å²) < 4.78 is 13.0. The van der Waals surface area contributed by atoms with Gasteiger partial charge in [-0.3, -0.25) is 14.9 Å². The molecule has 0 aliphatic rings. The minimum Gasteiger partial charge on any atom is -0.376 e. The third kappa shape index (κ3) is 4.17. The molecule has 0 heterocycles. The van der Waals surface area contributed by atoms with Crippen molar-refractivity contribution in [3.63, 3.8) is 0 Å². The van der Waals surface area contributed by atoms with Crippen LogP contribution < -0.4 is 10.6 Å². The molecular weight excluding hydrogens is 325 g/mol. The first kappa shape index (κ1) is 16.7. The van der Waals surface area contributed by atoms with Gasteiger partial charge in [0.1, 0.15) is 5.82 Å². The van der Waals surface area contributed by atoms with E-state index in [4.69, 9.17) is 11.6 Å². The van der Waals surface area contributed by atoms with Crippen molar-refractivity contribution in [3.05, 3.63) is 62.9 Å². The van der Waals surface area contributed by atoms with Crippen LogP contribution in [-0.2, 0) is 4.79 Å². The highest BCUT2D eigenvalue weighted by Crippen LogP contribution is 2.25. The lowest BCUT2D eigenvalue weighted by atomic mass is 10.1. The Kier molecular flexibility index (Phi) is 5.13. The molecule has 6 nitrogen and oxygen atoms in total. The van der Waals surface area contributed by atoms with E-state index < -0.39 is 16.6 Å². The summed E-state index contributed by atoms with van der Waals surface area (Å²) >= 11 is 5.63. The van der Waals surface area contributed by atoms with Gasteiger partial charge < -0.3 is 10.6 Å². The molecule has 2 aromatic carbocycles. The standard InChI is InChI=1S/C15H13ClFN3O3/c1-9-13(3-2-4-14(9)20(22)23)18-8-15(21)19-10-5-6-12(17)11(16)7-10/h2-7,18H,8H2,1H3,(H,19,21). The molecule has 0 aromatic heterocycles. The molecule has 0 fully saturated rings. The predicted molar refractivity (Wildman–Crippen MR) is 86.4 cm³/mol. The third-order valence-electron chi connectivity index (χ3n) is 3.14. The number of amides is 1. The zero-order chi connectivity index (χ0) is 17.0. The average Bonchev–Trinajstić information content (AvgIpc) is 2.49. The first-order valence-electron chi connectivity index (χ1n) is 6.61. The Morgan fingerprint density at radius 3 is 2.74 bits per heavy atom. The van der Waals surface area contributed by atoms with Crippen molar-refractivity contribution in [2.75, 3.05) is 17.2 Å². The third-order valence-corrected chi connectivity index (χ3v) is 3.43. The molecule has 0 aliphatic carbocycles. The lowest BCUT2D eigenvalue weighted by Crippen LogP contribution is -2.22. The van der Waals surface area contributed by atoms with Gasteiger partial charge in [0.2, 0.25) is 5.91 Å². The molecule has 0 unspecified atom stereocenters. The molecule has 2 N–H and O–H groups in total. The number of nitro groups is 1. The molecule has 120 valence electrons. The van der Waals surface area contributed by atoms with E-state index in [2.05, 4.69) is 10.6 Å². The predicted octanol–water partition coefficient (Wildman–Crippen LogP) is 3.75. The van der Waals surface area contributed by atoms with Crippen LogP contribution in [0.2, 0.25) is 5.02 Å². The molecule has 0 aliphatic heterocycles. The molecule has 0 radical (unpaired) electrons. The topological polar surface area (TPSA) is 84.3 Å². The molecule has 0 atom stereocenters. The summed E-state index contributed by atoms with van der Waals surface area (Å²) in [5, 5.41) is 16.2. The molecule has 2 aromatic rings. The minimum absolute atomic E-state index is 0.0271. The zero-order valence-corrected chi connectivity index (χ0v) is 12.9. The summed E-state index contributed by atoms with van der Waals surface area (Å²) in [6, 6.07) is 8.40. The van der Waals surface area contributed by atoms with E-state index in [1.165, 1.54) is 24.3 Å². The average molecular weight is 338 g/mol. The lowest BCUT2D eigenvalue weighted by molar-refractivity contribution is -0.385. The van der Waals surface area contributed by atoms with Crippen molar-refractivity contribution < 1.29 is 14.1 Å². The van der Waals surface area contributed by atoms with E-state index in [1.807, 2.05) is 0 Å². The Hall–Kier alpha value is -2.67. The van der Waals surface area contributed by atoms with Crippen LogP contribution in [0, 0.1) is 22.9 Å². The molecule has 2 rings (SSSR count). The molecule has 1 amide bonds. The number of anilines is 2. The van der Waals surface area contributed by atoms with Crippen molar-refractivity contribution in [1.29, 1.82) is 0 Å². The number of benzene rings is 2. The van der Waals surface area contributed by atoms with Crippen LogP contribution in [-0.4, -0.2) is 17.4 Å². The van der Waals surface area contributed by atoms with Crippen molar-refractivity contribution in [3.8, 4) is 0 Å². The van der Waals surface area contributed by atoms with Gasteiger partial charge in [0.05, 0.1) is 16.5 Å². The first-order chi connectivity index (χ1) is 10.9. The first-order valence-corrected chi connectivity index (χ1v) is 6.99. The largest absolute Gasteiger partial charge is 0.376 e. The van der Waals surface area contributed by atoms with Gasteiger partial charge in [0, 0.05) is 23.0 Å². The van der Waals surface area contributed by atoms with Gasteiger partial charge in [-0.2, -0.15) is 0 Å². The summed E-state index contributed by atoms with van der Waals surface area (Å²) in [5.74, 6) is -0.964. The second-order valence-electron chi connectivity index (χ2n) is 4.74. The summed E-state index contributed by atoms with van der Waals surface area (Å²) in [5.41, 5.74) is 1.27. The maximum Gasteiger partial charge on any atom is 0.274 e. The molecule has 23 heavy (non-hydrogen) atoms. The maximum absolute atomic E-state index is 13.0. The normalized spacial score (nSPS) is 10.2. The number of nitro benzene ring substituents is 1. The number of nitrogens with zero attached hydrogens (tertiary/aromatic N) is 1. The van der Waals surface area contributed by atoms with E-state index in [0.29, 0.717) is 16.9 Å². The SMILES string of the molecule is Cc1c(NCC(=O)Nc2ccc(F)c(Cl)c2)cccc1[N+](=O)[O-]. The fourth-order valence-corrected chi connectivity index (χ4v) is 2.15. The van der Waals surface area contributed by atoms with Crippen LogP contribution in [0.15, 0.2) is 36.4 Å². The lowest BCUT2D eigenvalue weighted by Gasteiger charge is -2.10.